The molecule has 3 aliphatic rings. The van der Waals surface area contributed by atoms with E-state index in [1.165, 1.54) is 48.6 Å². The maximum atomic E-state index is 14.7. The van der Waals surface area contributed by atoms with E-state index in [1.54, 1.807) is 12.1 Å². The number of β-amino-alcohol motifs (C(OH)–C–C–N with tert-alkyl or cyclic N) is 1. The molecule has 89 heavy (non-hydrogen) atoms. The number of aromatic nitrogens is 2. The lowest BCUT2D eigenvalue weighted by Gasteiger charge is -2.34. The number of hydrogen-bond donors (Lipinski definition) is 14. The number of hydrogen-bond acceptors (Lipinski definition) is 21. The summed E-state index contributed by atoms with van der Waals surface area (Å²) in [5, 5.41) is 101. The van der Waals surface area contributed by atoms with Gasteiger partial charge in [-0.2, -0.15) is 0 Å². The molecular formula is C61H77N11O16S. The third-order valence-electron chi connectivity index (χ3n) is 15.7. The van der Waals surface area contributed by atoms with E-state index in [9.17, 15) is 69.3 Å². The third-order valence-corrected chi connectivity index (χ3v) is 16.8. The standard InChI is InChI=1S/C61H77N11O16S/c1-4-87-41-17-15-35(16-18-41)34-7-11-37(12-8-34)58-69-70-59(89-58)38-13-9-36(10-14-38)53(80)65-42-26-39(74)28-64-57(84)51-52(79)31(2)29-72(51)61(86)50(45(77)20-22-63)68-56(83)49(46(78)24-33-6-19-44(76)47(25-33)88-23-5-21-62)67-55(82)43-27-40(75)30-71(43)60(85)48(32(3)73)66-54(42)81/h6-19,25,31-32,39-40,42-43,45-46,48-52,73-79H,4-5,20-24,26-30,62-63H2,1-3H3,(H,64,84)(H,65,80)(H,66,81)(H,67,82)(H,68,83)/t31-,32+,39+,40+,42-,43-,45+,46+,48-,49-,50-,51-,52-/m0/s1. The van der Waals surface area contributed by atoms with Crippen LogP contribution in [0, 0.1) is 5.92 Å². The molecule has 5 aromatic rings. The highest BCUT2D eigenvalue weighted by Gasteiger charge is 2.50. The van der Waals surface area contributed by atoms with Crippen LogP contribution >= 0.6 is 11.3 Å². The Kier molecular flexibility index (Phi) is 22.8. The molecule has 0 unspecified atom stereocenters. The zero-order chi connectivity index (χ0) is 64.2. The Morgan fingerprint density at radius 3 is 1.94 bits per heavy atom. The minimum Gasteiger partial charge on any atom is -0.504 e. The van der Waals surface area contributed by atoms with Gasteiger partial charge in [0.1, 0.15) is 52.0 Å². The van der Waals surface area contributed by atoms with Gasteiger partial charge in [-0.05, 0) is 92.9 Å². The van der Waals surface area contributed by atoms with Crippen molar-refractivity contribution < 1.29 is 78.8 Å². The number of amides is 7. The fourth-order valence-electron chi connectivity index (χ4n) is 10.9. The molecule has 28 heteroatoms. The summed E-state index contributed by atoms with van der Waals surface area (Å²) in [7, 11) is 0. The highest BCUT2D eigenvalue weighted by Crippen LogP contribution is 2.33. The van der Waals surface area contributed by atoms with E-state index in [4.69, 9.17) is 20.9 Å². The van der Waals surface area contributed by atoms with Gasteiger partial charge in [-0.1, -0.05) is 72.9 Å². The summed E-state index contributed by atoms with van der Waals surface area (Å²) >= 11 is 1.31. The second-order valence-electron chi connectivity index (χ2n) is 22.4. The lowest BCUT2D eigenvalue weighted by molar-refractivity contribution is -0.147. The molecule has 3 saturated heterocycles. The number of nitrogens with one attached hydrogen (secondary N) is 5. The number of carbonyl (C=O) groups excluding carboxylic acids is 7. The van der Waals surface area contributed by atoms with Crippen molar-refractivity contribution in [3.05, 3.63) is 102 Å². The van der Waals surface area contributed by atoms with E-state index in [-0.39, 0.29) is 55.3 Å². The largest absolute Gasteiger partial charge is 0.504 e. The highest BCUT2D eigenvalue weighted by atomic mass is 32.1. The van der Waals surface area contributed by atoms with Crippen molar-refractivity contribution >= 4 is 52.7 Å². The van der Waals surface area contributed by atoms with E-state index in [0.29, 0.717) is 28.6 Å². The second-order valence-corrected chi connectivity index (χ2v) is 23.4. The van der Waals surface area contributed by atoms with Crippen molar-refractivity contribution in [2.45, 2.75) is 126 Å². The maximum absolute atomic E-state index is 14.7. The highest BCUT2D eigenvalue weighted by molar-refractivity contribution is 7.17. The van der Waals surface area contributed by atoms with Gasteiger partial charge >= 0.3 is 0 Å². The average molecular weight is 1250 g/mol. The second kappa shape index (κ2) is 30.3. The smallest absolute Gasteiger partial charge is 0.251 e. The number of nitrogens with two attached hydrogens (primary N) is 2. The maximum Gasteiger partial charge on any atom is 0.251 e. The fraction of sp³-hybridized carbons (Fsp3) is 0.459. The van der Waals surface area contributed by atoms with Crippen LogP contribution in [0.25, 0.3) is 32.3 Å². The first-order chi connectivity index (χ1) is 42.6. The molecule has 27 nitrogen and oxygen atoms in total. The van der Waals surface area contributed by atoms with Gasteiger partial charge in [0.15, 0.2) is 11.5 Å². The van der Waals surface area contributed by atoms with Crippen LogP contribution in [0.1, 0.15) is 62.4 Å². The normalized spacial score (nSPS) is 25.1. The SMILES string of the molecule is CCOc1ccc(-c2ccc(-c3nnc(-c4ccc(C(=O)N[C@H]5C[C@@H](O)CNC(=O)[C@@H]6[C@@H](O)[C@@H](C)CN6C(=O)[C@H]([C@H](O)CCN)NC(=O)[C@H]([C@H](O)Cc6ccc(O)c(OCCCN)c6)NC(=O)[C@@H]6C[C@@H](O)CN6C(=O)[C@H]([C@@H](C)O)NC5=O)cc4)s3)cc2)cc1. The van der Waals surface area contributed by atoms with Crippen molar-refractivity contribution in [1.82, 2.24) is 46.6 Å². The summed E-state index contributed by atoms with van der Waals surface area (Å²) in [6.45, 7) is 3.86. The molecule has 1 aromatic heterocycles. The Hall–Kier alpha value is -8.19. The molecule has 478 valence electrons. The number of benzene rings is 4. The lowest BCUT2D eigenvalue weighted by Crippen LogP contribution is -2.64. The predicted molar refractivity (Wildman–Crippen MR) is 323 cm³/mol. The van der Waals surface area contributed by atoms with Crippen LogP contribution in [-0.2, 0) is 35.2 Å². The number of carbonyl (C=O) groups is 7. The van der Waals surface area contributed by atoms with Gasteiger partial charge in [0.05, 0.1) is 49.8 Å². The van der Waals surface area contributed by atoms with Crippen molar-refractivity contribution in [3.63, 3.8) is 0 Å². The Morgan fingerprint density at radius 1 is 0.708 bits per heavy atom. The molecule has 13 atom stereocenters. The lowest BCUT2D eigenvalue weighted by atomic mass is 9.98. The molecule has 8 rings (SSSR count). The van der Waals surface area contributed by atoms with Crippen LogP contribution in [0.4, 0.5) is 0 Å². The van der Waals surface area contributed by atoms with Gasteiger partial charge in [-0.25, -0.2) is 0 Å². The van der Waals surface area contributed by atoms with E-state index in [2.05, 4.69) is 36.8 Å². The van der Waals surface area contributed by atoms with Gasteiger partial charge in [-0.15, -0.1) is 10.2 Å². The Morgan fingerprint density at radius 2 is 1.31 bits per heavy atom. The van der Waals surface area contributed by atoms with E-state index < -0.39 is 152 Å². The summed E-state index contributed by atoms with van der Waals surface area (Å²) in [6, 6.07) is 14.8. The zero-order valence-electron chi connectivity index (χ0n) is 49.3. The molecule has 0 aliphatic carbocycles. The number of rotatable bonds is 18. The van der Waals surface area contributed by atoms with Gasteiger partial charge in [0, 0.05) is 61.5 Å². The minimum absolute atomic E-state index is 0.00250. The number of ether oxygens (including phenoxy) is 2. The molecule has 4 aromatic carbocycles. The molecule has 4 heterocycles. The van der Waals surface area contributed by atoms with Crippen molar-refractivity contribution in [2.75, 3.05) is 45.9 Å². The summed E-state index contributed by atoms with van der Waals surface area (Å²) in [5.41, 5.74) is 15.1. The van der Waals surface area contributed by atoms with Crippen LogP contribution in [0.5, 0.6) is 17.2 Å². The molecule has 16 N–H and O–H groups in total. The number of phenolic OH excluding ortho intramolecular Hbond substituents is 1. The van der Waals surface area contributed by atoms with Crippen molar-refractivity contribution in [2.24, 2.45) is 17.4 Å². The average Bonchev–Trinajstić information content (AvgIpc) is 2.60. The van der Waals surface area contributed by atoms with Crippen LogP contribution in [0.15, 0.2) is 91.0 Å². The molecule has 0 saturated carbocycles. The summed E-state index contributed by atoms with van der Waals surface area (Å²) in [4.78, 5) is 103. The Balaban J connectivity index is 1.07. The zero-order valence-corrected chi connectivity index (χ0v) is 50.1. The molecule has 0 bridgehead atoms. The predicted octanol–water partition coefficient (Wildman–Crippen LogP) is -1.33. The minimum atomic E-state index is -2.04. The van der Waals surface area contributed by atoms with E-state index in [0.717, 1.165) is 39.2 Å². The quantitative estimate of drug-likeness (QED) is 0.0452. The van der Waals surface area contributed by atoms with Gasteiger partial charge in [-0.3, -0.25) is 33.6 Å². The summed E-state index contributed by atoms with van der Waals surface area (Å²) in [6.07, 6.45) is -11.4. The Bertz CT molecular complexity index is 3280. The number of aliphatic hydroxyl groups excluding tert-OH is 6. The number of fused-ring (bicyclic) bond motifs is 2. The first-order valence-corrected chi connectivity index (χ1v) is 30.2. The first-order valence-electron chi connectivity index (χ1n) is 29.4. The van der Waals surface area contributed by atoms with Crippen LogP contribution < -0.4 is 47.5 Å². The number of aromatic hydroxyl groups is 1. The molecule has 0 radical (unpaired) electrons. The molecule has 7 amide bonds. The van der Waals surface area contributed by atoms with Gasteiger partial charge in [0.2, 0.25) is 35.4 Å². The number of aliphatic hydroxyl groups is 6. The molecule has 0 spiro atoms. The first kappa shape index (κ1) is 66.8. The van der Waals surface area contributed by atoms with E-state index >= 15 is 0 Å². The van der Waals surface area contributed by atoms with Crippen LogP contribution in [0.3, 0.4) is 0 Å². The van der Waals surface area contributed by atoms with Gasteiger partial charge in [0.25, 0.3) is 5.91 Å². The molecule has 3 aliphatic heterocycles. The van der Waals surface area contributed by atoms with Crippen molar-refractivity contribution in [3.8, 4) is 49.5 Å². The third kappa shape index (κ3) is 16.4. The van der Waals surface area contributed by atoms with Gasteiger partial charge < -0.3 is 93.1 Å². The monoisotopic (exact) mass is 1250 g/mol. The van der Waals surface area contributed by atoms with Crippen LogP contribution in [-0.4, -0.2) is 216 Å². The van der Waals surface area contributed by atoms with Crippen LogP contribution in [0.2, 0.25) is 0 Å². The fourth-order valence-corrected chi connectivity index (χ4v) is 11.7. The summed E-state index contributed by atoms with van der Waals surface area (Å²) in [5.74, 6) is -7.83. The molecule has 3 fully saturated rings. The van der Waals surface area contributed by atoms with Crippen molar-refractivity contribution in [1.29, 1.82) is 0 Å². The summed E-state index contributed by atoms with van der Waals surface area (Å²) < 4.78 is 11.2. The topological polar surface area (TPSA) is 424 Å². The molecular weight excluding hydrogens is 1170 g/mol. The number of phenols is 1. The Labute approximate surface area is 516 Å². The number of nitrogens with zero attached hydrogens (tertiary/aromatic N) is 4. The van der Waals surface area contributed by atoms with E-state index in [1.807, 2.05) is 55.5 Å².